The molecule has 1 aromatic carbocycles. The van der Waals surface area contributed by atoms with Crippen molar-refractivity contribution >= 4 is 17.6 Å². The number of carbonyl (C=O) groups excluding carboxylic acids is 2. The smallest absolute Gasteiger partial charge is 0.387 e. The Kier molecular flexibility index (Phi) is 7.73. The summed E-state index contributed by atoms with van der Waals surface area (Å²) in [7, 11) is 1.16. The molecule has 0 amide bonds. The lowest BCUT2D eigenvalue weighted by atomic mass is 10.1. The Bertz CT molecular complexity index is 1030. The molecule has 0 bridgehead atoms. The van der Waals surface area contributed by atoms with E-state index >= 15 is 0 Å². The highest BCUT2D eigenvalue weighted by molar-refractivity contribution is 5.98. The topological polar surface area (TPSA) is 130 Å². The molecule has 1 heterocycles. The maximum atomic E-state index is 12.6. The Balaban J connectivity index is 2.30. The van der Waals surface area contributed by atoms with Gasteiger partial charge in [0.2, 0.25) is 0 Å². The van der Waals surface area contributed by atoms with Gasteiger partial charge in [0.15, 0.2) is 11.5 Å². The summed E-state index contributed by atoms with van der Waals surface area (Å²) in [6.07, 6.45) is -0.362. The molecule has 0 saturated carbocycles. The van der Waals surface area contributed by atoms with Gasteiger partial charge in [-0.05, 0) is 39.3 Å². The predicted octanol–water partition coefficient (Wildman–Crippen LogP) is 4.07. The molecule has 0 aliphatic rings. The lowest BCUT2D eigenvalue weighted by Gasteiger charge is -2.12. The van der Waals surface area contributed by atoms with Crippen molar-refractivity contribution in [3.63, 3.8) is 0 Å². The molecule has 1 aromatic heterocycles. The van der Waals surface area contributed by atoms with Crippen LogP contribution in [0.5, 0.6) is 11.5 Å². The zero-order valence-corrected chi connectivity index (χ0v) is 18.0. The number of hydrogen-bond donors (Lipinski definition) is 1. The molecule has 0 atom stereocenters. The minimum absolute atomic E-state index is 0.0227. The van der Waals surface area contributed by atoms with Crippen LogP contribution in [0, 0.1) is 24.0 Å². The number of hydrogen-bond acceptors (Lipinski definition) is 8. The zero-order chi connectivity index (χ0) is 24.2. The second-order valence-electron chi connectivity index (χ2n) is 6.92. The number of benzene rings is 1. The number of rotatable bonds is 9. The van der Waals surface area contributed by atoms with Crippen LogP contribution in [-0.4, -0.2) is 41.7 Å². The summed E-state index contributed by atoms with van der Waals surface area (Å²) in [5.74, 6) is -2.23. The summed E-state index contributed by atoms with van der Waals surface area (Å²) in [5.41, 5.74) is 0.140. The van der Waals surface area contributed by atoms with Crippen LogP contribution in [0.4, 0.5) is 14.5 Å². The number of aromatic amines is 1. The highest BCUT2D eigenvalue weighted by Gasteiger charge is 2.26. The summed E-state index contributed by atoms with van der Waals surface area (Å²) >= 11 is 0. The molecule has 2 aromatic rings. The molecule has 32 heavy (non-hydrogen) atoms. The van der Waals surface area contributed by atoms with Crippen LogP contribution < -0.4 is 9.47 Å². The van der Waals surface area contributed by atoms with Gasteiger partial charge in [-0.25, -0.2) is 9.59 Å². The molecular formula is C20H22F2N2O8. The molecule has 0 aliphatic heterocycles. The molecule has 0 saturated heterocycles. The fourth-order valence-electron chi connectivity index (χ4n) is 2.97. The van der Waals surface area contributed by atoms with Crippen molar-refractivity contribution in [3.05, 3.63) is 50.3 Å². The van der Waals surface area contributed by atoms with Gasteiger partial charge in [0.25, 0.3) is 5.69 Å². The molecule has 174 valence electrons. The molecule has 10 nitrogen and oxygen atoms in total. The summed E-state index contributed by atoms with van der Waals surface area (Å²) < 4.78 is 44.6. The van der Waals surface area contributed by atoms with E-state index < -0.39 is 41.5 Å². The predicted molar refractivity (Wildman–Crippen MR) is 106 cm³/mol. The van der Waals surface area contributed by atoms with E-state index in [0.717, 1.165) is 19.2 Å². The molecular weight excluding hydrogens is 434 g/mol. The second-order valence-corrected chi connectivity index (χ2v) is 6.92. The van der Waals surface area contributed by atoms with Gasteiger partial charge in [-0.2, -0.15) is 8.78 Å². The quantitative estimate of drug-likeness (QED) is 0.339. The first-order valence-corrected chi connectivity index (χ1v) is 9.33. The van der Waals surface area contributed by atoms with Crippen LogP contribution in [0.15, 0.2) is 12.1 Å². The lowest BCUT2D eigenvalue weighted by molar-refractivity contribution is -0.386. The first-order chi connectivity index (χ1) is 15.0. The number of esters is 2. The number of H-pyrrole nitrogens is 1. The molecule has 0 unspecified atom stereocenters. The van der Waals surface area contributed by atoms with Crippen molar-refractivity contribution < 1.29 is 42.2 Å². The van der Waals surface area contributed by atoms with Crippen molar-refractivity contribution in [2.45, 2.75) is 47.0 Å². The average Bonchev–Trinajstić information content (AvgIpc) is 2.99. The van der Waals surface area contributed by atoms with Crippen molar-refractivity contribution in [1.82, 2.24) is 4.98 Å². The molecule has 0 fully saturated rings. The summed E-state index contributed by atoms with van der Waals surface area (Å²) in [5, 5.41) is 11.4. The number of alkyl halides is 2. The van der Waals surface area contributed by atoms with E-state index in [2.05, 4.69) is 9.72 Å². The summed E-state index contributed by atoms with van der Waals surface area (Å²) in [6.45, 7) is 2.69. The van der Waals surface area contributed by atoms with Crippen molar-refractivity contribution in [3.8, 4) is 11.5 Å². The normalized spacial score (nSPS) is 10.9. The molecule has 0 aliphatic carbocycles. The number of methoxy groups -OCH3 is 1. The van der Waals surface area contributed by atoms with Crippen molar-refractivity contribution in [2.75, 3.05) is 7.11 Å². The Hall–Kier alpha value is -3.70. The third kappa shape index (κ3) is 5.50. The number of nitrogens with one attached hydrogen (secondary N) is 1. The van der Waals surface area contributed by atoms with E-state index in [4.69, 9.17) is 14.2 Å². The maximum absolute atomic E-state index is 12.6. The molecule has 0 spiro atoms. The van der Waals surface area contributed by atoms with Crippen LogP contribution in [0.3, 0.4) is 0 Å². The van der Waals surface area contributed by atoms with Crippen LogP contribution in [0.1, 0.15) is 51.5 Å². The second kappa shape index (κ2) is 10.1. The van der Waals surface area contributed by atoms with Gasteiger partial charge in [0, 0.05) is 5.69 Å². The number of nitro benzene ring substituents is 1. The van der Waals surface area contributed by atoms with E-state index in [0.29, 0.717) is 11.3 Å². The minimum atomic E-state index is -3.22. The van der Waals surface area contributed by atoms with E-state index in [9.17, 15) is 28.5 Å². The fourth-order valence-corrected chi connectivity index (χ4v) is 2.97. The van der Waals surface area contributed by atoms with E-state index in [1.54, 1.807) is 20.8 Å². The Labute approximate surface area is 181 Å². The summed E-state index contributed by atoms with van der Waals surface area (Å²) in [4.78, 5) is 38.1. The third-order valence-electron chi connectivity index (χ3n) is 4.32. The SMILES string of the molecule is COc1cc(COC(=O)c2[nH]c(C)c(C(=O)OC(C)C)c2C)c([N+](=O)[O-])cc1OC(F)F. The van der Waals surface area contributed by atoms with Gasteiger partial charge < -0.3 is 23.9 Å². The van der Waals surface area contributed by atoms with Crippen LogP contribution >= 0.6 is 0 Å². The number of aromatic nitrogens is 1. The highest BCUT2D eigenvalue weighted by atomic mass is 19.3. The third-order valence-corrected chi connectivity index (χ3v) is 4.32. The van der Waals surface area contributed by atoms with E-state index in [1.807, 2.05) is 0 Å². The number of carbonyl (C=O) groups is 2. The van der Waals surface area contributed by atoms with Crippen molar-refractivity contribution in [1.29, 1.82) is 0 Å². The van der Waals surface area contributed by atoms with Gasteiger partial charge in [-0.15, -0.1) is 0 Å². The van der Waals surface area contributed by atoms with Crippen LogP contribution in [0.2, 0.25) is 0 Å². The van der Waals surface area contributed by atoms with Gasteiger partial charge in [0.1, 0.15) is 12.3 Å². The lowest BCUT2D eigenvalue weighted by Crippen LogP contribution is -2.13. The Morgan fingerprint density at radius 3 is 2.34 bits per heavy atom. The monoisotopic (exact) mass is 456 g/mol. The first-order valence-electron chi connectivity index (χ1n) is 9.33. The highest BCUT2D eigenvalue weighted by Crippen LogP contribution is 2.36. The molecule has 0 radical (unpaired) electrons. The minimum Gasteiger partial charge on any atom is -0.493 e. The number of aryl methyl sites for hydroxylation is 1. The fraction of sp³-hybridized carbons (Fsp3) is 0.400. The Morgan fingerprint density at radius 2 is 1.81 bits per heavy atom. The van der Waals surface area contributed by atoms with E-state index in [1.165, 1.54) is 6.92 Å². The number of halogens is 2. The first kappa shape index (κ1) is 24.6. The van der Waals surface area contributed by atoms with Gasteiger partial charge >= 0.3 is 18.6 Å². The van der Waals surface area contributed by atoms with Gasteiger partial charge in [-0.3, -0.25) is 10.1 Å². The number of nitro groups is 1. The van der Waals surface area contributed by atoms with Crippen LogP contribution in [-0.2, 0) is 16.1 Å². The number of nitrogens with zero attached hydrogens (tertiary/aromatic N) is 1. The Morgan fingerprint density at radius 1 is 1.16 bits per heavy atom. The summed E-state index contributed by atoms with van der Waals surface area (Å²) in [6, 6.07) is 1.83. The zero-order valence-electron chi connectivity index (χ0n) is 18.0. The standard InChI is InChI=1S/C20H22F2N2O8/c1-9(2)31-18(25)16-10(3)17(23-11(16)4)19(26)30-8-12-6-14(29-5)15(32-20(21)22)7-13(12)24(27)28/h6-7,9,20,23H,8H2,1-5H3. The van der Waals surface area contributed by atoms with Crippen molar-refractivity contribution in [2.24, 2.45) is 0 Å². The molecule has 1 N–H and O–H groups in total. The van der Waals surface area contributed by atoms with Crippen LogP contribution in [0.25, 0.3) is 0 Å². The average molecular weight is 456 g/mol. The number of ether oxygens (including phenoxy) is 4. The largest absolute Gasteiger partial charge is 0.493 e. The van der Waals surface area contributed by atoms with Gasteiger partial charge in [0.05, 0.1) is 35.3 Å². The van der Waals surface area contributed by atoms with E-state index in [-0.39, 0.29) is 28.7 Å². The van der Waals surface area contributed by atoms with Gasteiger partial charge in [-0.1, -0.05) is 0 Å². The molecule has 12 heteroatoms. The molecule has 2 rings (SSSR count). The maximum Gasteiger partial charge on any atom is 0.387 e.